The molecule has 3 aliphatic carbocycles. The zero-order chi connectivity index (χ0) is 10.8. The van der Waals surface area contributed by atoms with Crippen LogP contribution in [0.5, 0.6) is 0 Å². The van der Waals surface area contributed by atoms with Gasteiger partial charge < -0.3 is 0 Å². The van der Waals surface area contributed by atoms with Crippen molar-refractivity contribution in [1.29, 1.82) is 0 Å². The number of allylic oxidation sites excluding steroid dienone is 5. The minimum atomic E-state index is 0.326. The Morgan fingerprint density at radius 2 is 2.13 bits per heavy atom. The summed E-state index contributed by atoms with van der Waals surface area (Å²) in [6.07, 6.45) is 7.60. The second-order valence-corrected chi connectivity index (χ2v) is 5.91. The van der Waals surface area contributed by atoms with Gasteiger partial charge in [-0.05, 0) is 50.0 Å². The van der Waals surface area contributed by atoms with Gasteiger partial charge in [-0.3, -0.25) is 0 Å². The lowest BCUT2D eigenvalue weighted by molar-refractivity contribution is 0.296. The molecule has 4 atom stereocenters. The van der Waals surface area contributed by atoms with Crippen LogP contribution < -0.4 is 0 Å². The Hall–Kier alpha value is -0.780. The van der Waals surface area contributed by atoms with Crippen molar-refractivity contribution >= 4 is 0 Å². The average molecular weight is 200 g/mol. The predicted molar refractivity (Wildman–Crippen MR) is 64.5 cm³/mol. The van der Waals surface area contributed by atoms with Crippen LogP contribution in [-0.4, -0.2) is 0 Å². The van der Waals surface area contributed by atoms with Crippen LogP contribution in [0.3, 0.4) is 0 Å². The molecule has 0 aromatic rings. The monoisotopic (exact) mass is 200 g/mol. The standard InChI is InChI=1S/C15H20/c1-9(2)11-7-8-15(4)10(3)12-5-6-13(15)14(11)12/h7-8,12-14H,3,5-6H2,1-2,4H3/t12-,13-,14+,15-/m0/s1. The van der Waals surface area contributed by atoms with E-state index in [1.165, 1.54) is 24.0 Å². The molecule has 2 saturated carbocycles. The average Bonchev–Trinajstić information content (AvgIpc) is 2.65. The molecule has 15 heavy (non-hydrogen) atoms. The molecule has 0 heterocycles. The lowest BCUT2D eigenvalue weighted by Crippen LogP contribution is -2.27. The van der Waals surface area contributed by atoms with Crippen molar-refractivity contribution in [2.24, 2.45) is 23.2 Å². The van der Waals surface area contributed by atoms with E-state index >= 15 is 0 Å². The molecule has 0 N–H and O–H groups in total. The quantitative estimate of drug-likeness (QED) is 0.516. The molecule has 0 heteroatoms. The van der Waals surface area contributed by atoms with E-state index < -0.39 is 0 Å². The van der Waals surface area contributed by atoms with Crippen LogP contribution in [0.25, 0.3) is 0 Å². The predicted octanol–water partition coefficient (Wildman–Crippen LogP) is 4.11. The van der Waals surface area contributed by atoms with Crippen molar-refractivity contribution in [3.8, 4) is 0 Å². The Kier molecular flexibility index (Phi) is 1.68. The molecule has 0 spiro atoms. The smallest absolute Gasteiger partial charge is 0.0100 e. The van der Waals surface area contributed by atoms with Gasteiger partial charge in [0.15, 0.2) is 0 Å². The SMILES string of the molecule is C=C1[C@@H]2CC[C@H]3[C@@H]2C(=C(C)C)C=C[C@@]13C. The van der Waals surface area contributed by atoms with Crippen LogP contribution in [0, 0.1) is 23.2 Å². The van der Waals surface area contributed by atoms with Crippen molar-refractivity contribution in [3.05, 3.63) is 35.5 Å². The van der Waals surface area contributed by atoms with Crippen LogP contribution in [-0.2, 0) is 0 Å². The molecular weight excluding hydrogens is 180 g/mol. The summed E-state index contributed by atoms with van der Waals surface area (Å²) >= 11 is 0. The van der Waals surface area contributed by atoms with Gasteiger partial charge in [-0.1, -0.05) is 36.8 Å². The molecule has 80 valence electrons. The molecule has 0 aromatic heterocycles. The summed E-state index contributed by atoms with van der Waals surface area (Å²) in [7, 11) is 0. The fraction of sp³-hybridized carbons (Fsp3) is 0.600. The van der Waals surface area contributed by atoms with E-state index in [2.05, 4.69) is 39.5 Å². The van der Waals surface area contributed by atoms with Gasteiger partial charge in [0.2, 0.25) is 0 Å². The van der Waals surface area contributed by atoms with Crippen LogP contribution in [0.2, 0.25) is 0 Å². The summed E-state index contributed by atoms with van der Waals surface area (Å²) in [5.41, 5.74) is 4.95. The Morgan fingerprint density at radius 3 is 2.80 bits per heavy atom. The first-order valence-corrected chi connectivity index (χ1v) is 6.11. The zero-order valence-electron chi connectivity index (χ0n) is 10.0. The Balaban J connectivity index is 2.19. The number of hydrogen-bond donors (Lipinski definition) is 0. The number of rotatable bonds is 0. The van der Waals surface area contributed by atoms with Gasteiger partial charge in [-0.15, -0.1) is 0 Å². The van der Waals surface area contributed by atoms with E-state index in [-0.39, 0.29) is 0 Å². The summed E-state index contributed by atoms with van der Waals surface area (Å²) < 4.78 is 0. The van der Waals surface area contributed by atoms with Gasteiger partial charge >= 0.3 is 0 Å². The molecule has 2 fully saturated rings. The van der Waals surface area contributed by atoms with Gasteiger partial charge in [-0.25, -0.2) is 0 Å². The normalized spacial score (nSPS) is 46.5. The first kappa shape index (κ1) is 9.45. The maximum Gasteiger partial charge on any atom is 0.0100 e. The Bertz CT molecular complexity index is 392. The van der Waals surface area contributed by atoms with E-state index in [4.69, 9.17) is 0 Å². The molecule has 0 aromatic carbocycles. The van der Waals surface area contributed by atoms with E-state index in [0.29, 0.717) is 5.41 Å². The summed E-state index contributed by atoms with van der Waals surface area (Å²) in [5, 5.41) is 0. The van der Waals surface area contributed by atoms with Gasteiger partial charge in [0.25, 0.3) is 0 Å². The second kappa shape index (κ2) is 2.66. The maximum absolute atomic E-state index is 4.37. The highest BCUT2D eigenvalue weighted by Gasteiger charge is 2.58. The lowest BCUT2D eigenvalue weighted by Gasteiger charge is -2.36. The Morgan fingerprint density at radius 1 is 1.40 bits per heavy atom. The van der Waals surface area contributed by atoms with Crippen LogP contribution in [0.1, 0.15) is 33.6 Å². The van der Waals surface area contributed by atoms with Crippen molar-refractivity contribution in [2.75, 3.05) is 0 Å². The summed E-state index contributed by atoms with van der Waals surface area (Å²) in [6.45, 7) is 11.3. The Labute approximate surface area is 92.8 Å². The van der Waals surface area contributed by atoms with Crippen molar-refractivity contribution in [3.63, 3.8) is 0 Å². The highest BCUT2D eigenvalue weighted by molar-refractivity contribution is 5.46. The molecular formula is C15H20. The first-order chi connectivity index (χ1) is 7.05. The van der Waals surface area contributed by atoms with E-state index in [0.717, 1.165) is 17.8 Å². The molecule has 0 aliphatic heterocycles. The molecule has 3 aliphatic rings. The highest BCUT2D eigenvalue weighted by Crippen LogP contribution is 2.66. The topological polar surface area (TPSA) is 0 Å². The fourth-order valence-electron chi connectivity index (χ4n) is 4.24. The molecule has 0 nitrogen and oxygen atoms in total. The maximum atomic E-state index is 4.37. The first-order valence-electron chi connectivity index (χ1n) is 6.11. The minimum absolute atomic E-state index is 0.326. The zero-order valence-corrected chi connectivity index (χ0v) is 10.0. The third-order valence-electron chi connectivity index (χ3n) is 5.11. The van der Waals surface area contributed by atoms with E-state index in [9.17, 15) is 0 Å². The van der Waals surface area contributed by atoms with Gasteiger partial charge in [0.05, 0.1) is 0 Å². The van der Waals surface area contributed by atoms with Gasteiger partial charge in [0, 0.05) is 5.41 Å². The lowest BCUT2D eigenvalue weighted by atomic mass is 9.68. The summed E-state index contributed by atoms with van der Waals surface area (Å²) in [4.78, 5) is 0. The fourth-order valence-corrected chi connectivity index (χ4v) is 4.24. The van der Waals surface area contributed by atoms with Crippen molar-refractivity contribution in [2.45, 2.75) is 33.6 Å². The largest absolute Gasteiger partial charge is 0.0987 e. The summed E-state index contributed by atoms with van der Waals surface area (Å²) in [6, 6.07) is 0. The molecule has 0 amide bonds. The van der Waals surface area contributed by atoms with E-state index in [1.54, 1.807) is 5.57 Å². The number of hydrogen-bond acceptors (Lipinski definition) is 0. The highest BCUT2D eigenvalue weighted by atomic mass is 14.6. The minimum Gasteiger partial charge on any atom is -0.0987 e. The van der Waals surface area contributed by atoms with Crippen LogP contribution in [0.15, 0.2) is 35.5 Å². The van der Waals surface area contributed by atoms with Crippen molar-refractivity contribution < 1.29 is 0 Å². The molecule has 0 unspecified atom stereocenters. The van der Waals surface area contributed by atoms with E-state index in [1.807, 2.05) is 0 Å². The molecule has 0 saturated heterocycles. The van der Waals surface area contributed by atoms with Crippen molar-refractivity contribution in [1.82, 2.24) is 0 Å². The second-order valence-electron chi connectivity index (χ2n) is 5.91. The third kappa shape index (κ3) is 0.934. The molecule has 4 bridgehead atoms. The molecule has 3 rings (SSSR count). The molecule has 0 radical (unpaired) electrons. The van der Waals surface area contributed by atoms with Gasteiger partial charge in [0.1, 0.15) is 0 Å². The van der Waals surface area contributed by atoms with Gasteiger partial charge in [-0.2, -0.15) is 0 Å². The van der Waals surface area contributed by atoms with Crippen LogP contribution in [0.4, 0.5) is 0 Å². The van der Waals surface area contributed by atoms with Crippen LogP contribution >= 0.6 is 0 Å². The summed E-state index contributed by atoms with van der Waals surface area (Å²) in [5.74, 6) is 2.43. The third-order valence-corrected chi connectivity index (χ3v) is 5.11.